The van der Waals surface area contributed by atoms with Crippen molar-refractivity contribution in [3.05, 3.63) is 12.4 Å². The molecule has 8 heteroatoms. The van der Waals surface area contributed by atoms with E-state index in [1.807, 2.05) is 6.92 Å². The maximum absolute atomic E-state index is 12.4. The smallest absolute Gasteiger partial charge is 0.305 e. The minimum absolute atomic E-state index is 0.00682. The van der Waals surface area contributed by atoms with Gasteiger partial charge in [0.2, 0.25) is 10.0 Å². The predicted molar refractivity (Wildman–Crippen MR) is 67.1 cm³/mol. The summed E-state index contributed by atoms with van der Waals surface area (Å²) < 4.78 is 27.5. The molecule has 0 radical (unpaired) electrons. The summed E-state index contributed by atoms with van der Waals surface area (Å²) in [5.41, 5.74) is 0. The van der Waals surface area contributed by atoms with Crippen molar-refractivity contribution in [1.82, 2.24) is 14.1 Å². The van der Waals surface area contributed by atoms with Crippen molar-refractivity contribution in [2.45, 2.75) is 43.7 Å². The Hall–Kier alpha value is -1.41. The van der Waals surface area contributed by atoms with Crippen LogP contribution in [0.1, 0.15) is 26.2 Å². The van der Waals surface area contributed by atoms with E-state index in [1.54, 1.807) is 0 Å². The van der Waals surface area contributed by atoms with Crippen LogP contribution >= 0.6 is 0 Å². The summed E-state index contributed by atoms with van der Waals surface area (Å²) in [7, 11) is -3.50. The van der Waals surface area contributed by atoms with E-state index in [1.165, 1.54) is 21.4 Å². The molecule has 1 aromatic heterocycles. The van der Waals surface area contributed by atoms with Gasteiger partial charge in [0.1, 0.15) is 4.90 Å². The van der Waals surface area contributed by atoms with Crippen LogP contribution in [-0.2, 0) is 21.4 Å². The van der Waals surface area contributed by atoms with E-state index in [9.17, 15) is 13.2 Å². The second-order valence-corrected chi connectivity index (χ2v) is 6.58. The maximum atomic E-state index is 12.4. The van der Waals surface area contributed by atoms with E-state index in [0.29, 0.717) is 6.54 Å². The molecule has 2 rings (SSSR count). The lowest BCUT2D eigenvalue weighted by molar-refractivity contribution is -0.137. The Morgan fingerprint density at radius 3 is 2.89 bits per heavy atom. The first-order chi connectivity index (χ1) is 8.91. The first-order valence-electron chi connectivity index (χ1n) is 6.17. The Balaban J connectivity index is 2.15. The molecule has 0 aliphatic carbocycles. The quantitative estimate of drug-likeness (QED) is 0.852. The number of aliphatic carboxylic acids is 1. The second kappa shape index (κ2) is 5.30. The first kappa shape index (κ1) is 14.0. The van der Waals surface area contributed by atoms with E-state index in [4.69, 9.17) is 5.11 Å². The number of aromatic nitrogens is 2. The van der Waals surface area contributed by atoms with Crippen LogP contribution < -0.4 is 0 Å². The van der Waals surface area contributed by atoms with Crippen LogP contribution in [0.4, 0.5) is 0 Å². The molecule has 1 atom stereocenters. The molecule has 1 aliphatic rings. The molecule has 7 nitrogen and oxygen atoms in total. The number of aryl methyl sites for hydroxylation is 1. The van der Waals surface area contributed by atoms with Crippen molar-refractivity contribution in [1.29, 1.82) is 0 Å². The molecule has 0 bridgehead atoms. The first-order valence-corrected chi connectivity index (χ1v) is 7.61. The van der Waals surface area contributed by atoms with Gasteiger partial charge < -0.3 is 5.11 Å². The molecule has 0 spiro atoms. The van der Waals surface area contributed by atoms with Crippen molar-refractivity contribution in [2.24, 2.45) is 0 Å². The van der Waals surface area contributed by atoms with Gasteiger partial charge in [0.05, 0.1) is 19.2 Å². The van der Waals surface area contributed by atoms with Crippen molar-refractivity contribution in [3.8, 4) is 0 Å². The third-order valence-corrected chi connectivity index (χ3v) is 5.23. The van der Waals surface area contributed by atoms with Crippen LogP contribution in [0.15, 0.2) is 17.3 Å². The van der Waals surface area contributed by atoms with E-state index >= 15 is 0 Å². The minimum atomic E-state index is -3.50. The lowest BCUT2D eigenvalue weighted by Gasteiger charge is -2.19. The summed E-state index contributed by atoms with van der Waals surface area (Å²) in [6.45, 7) is 2.59. The average molecular weight is 287 g/mol. The molecule has 0 amide bonds. The Bertz CT molecular complexity index is 566. The molecule has 1 fully saturated rings. The highest BCUT2D eigenvalue weighted by molar-refractivity contribution is 7.89. The van der Waals surface area contributed by atoms with Gasteiger partial charge in [-0.15, -0.1) is 0 Å². The summed E-state index contributed by atoms with van der Waals surface area (Å²) in [5.74, 6) is -0.937. The van der Waals surface area contributed by atoms with Gasteiger partial charge in [-0.2, -0.15) is 9.40 Å². The third-order valence-electron chi connectivity index (χ3n) is 3.26. The Labute approximate surface area is 111 Å². The fraction of sp³-hybridized carbons (Fsp3) is 0.636. The van der Waals surface area contributed by atoms with Gasteiger partial charge in [0.25, 0.3) is 0 Å². The zero-order valence-corrected chi connectivity index (χ0v) is 11.5. The zero-order chi connectivity index (χ0) is 14.0. The van der Waals surface area contributed by atoms with E-state index in [-0.39, 0.29) is 23.9 Å². The van der Waals surface area contributed by atoms with Gasteiger partial charge in [-0.3, -0.25) is 9.48 Å². The van der Waals surface area contributed by atoms with Crippen LogP contribution in [0.3, 0.4) is 0 Å². The molecule has 1 N–H and O–H groups in total. The molecule has 1 unspecified atom stereocenters. The van der Waals surface area contributed by atoms with E-state index < -0.39 is 16.0 Å². The average Bonchev–Trinajstić information content (AvgIpc) is 2.95. The van der Waals surface area contributed by atoms with Gasteiger partial charge in [-0.05, 0) is 19.8 Å². The van der Waals surface area contributed by atoms with E-state index in [0.717, 1.165) is 12.8 Å². The number of sulfonamides is 1. The summed E-state index contributed by atoms with van der Waals surface area (Å²) in [6.07, 6.45) is 4.33. The normalized spacial score (nSPS) is 20.8. The summed E-state index contributed by atoms with van der Waals surface area (Å²) >= 11 is 0. The molecule has 0 aromatic carbocycles. The van der Waals surface area contributed by atoms with Crippen LogP contribution in [0, 0.1) is 0 Å². The molecule has 1 aromatic rings. The number of hydrogen-bond acceptors (Lipinski definition) is 4. The summed E-state index contributed by atoms with van der Waals surface area (Å²) in [5, 5.41) is 12.5. The number of carboxylic acids is 1. The van der Waals surface area contributed by atoms with Crippen LogP contribution in [-0.4, -0.2) is 46.2 Å². The molecule has 2 heterocycles. The fourth-order valence-electron chi connectivity index (χ4n) is 2.21. The topological polar surface area (TPSA) is 92.5 Å². The number of hydrogen-bond donors (Lipinski definition) is 1. The second-order valence-electron chi connectivity index (χ2n) is 4.69. The Kier molecular flexibility index (Phi) is 3.91. The molecule has 19 heavy (non-hydrogen) atoms. The Morgan fingerprint density at radius 1 is 1.58 bits per heavy atom. The zero-order valence-electron chi connectivity index (χ0n) is 10.7. The monoisotopic (exact) mass is 287 g/mol. The van der Waals surface area contributed by atoms with Crippen molar-refractivity contribution in [3.63, 3.8) is 0 Å². The largest absolute Gasteiger partial charge is 0.481 e. The molecule has 1 aliphatic heterocycles. The molecule has 106 valence electrons. The van der Waals surface area contributed by atoms with Gasteiger partial charge in [-0.25, -0.2) is 8.42 Å². The highest BCUT2D eigenvalue weighted by Crippen LogP contribution is 2.25. The number of nitrogens with zero attached hydrogens (tertiary/aromatic N) is 3. The summed E-state index contributed by atoms with van der Waals surface area (Å²) in [6, 6.07) is 0.00682. The standard InChI is InChI=1S/C11H17N3O4S/c1-9-3-2-5-14(9)19(17,18)10-7-12-13(8-10)6-4-11(15)16/h7-9H,2-6H2,1H3,(H,15,16). The highest BCUT2D eigenvalue weighted by Gasteiger charge is 2.33. The minimum Gasteiger partial charge on any atom is -0.481 e. The lowest BCUT2D eigenvalue weighted by Crippen LogP contribution is -2.33. The number of rotatable bonds is 5. The lowest BCUT2D eigenvalue weighted by atomic mass is 10.3. The van der Waals surface area contributed by atoms with Gasteiger partial charge in [-0.1, -0.05) is 0 Å². The fourth-order valence-corrected chi connectivity index (χ4v) is 3.86. The third kappa shape index (κ3) is 2.95. The van der Waals surface area contributed by atoms with Crippen LogP contribution in [0.25, 0.3) is 0 Å². The highest BCUT2D eigenvalue weighted by atomic mass is 32.2. The van der Waals surface area contributed by atoms with E-state index in [2.05, 4.69) is 5.10 Å². The van der Waals surface area contributed by atoms with Crippen molar-refractivity contribution >= 4 is 16.0 Å². The van der Waals surface area contributed by atoms with Gasteiger partial charge in [0.15, 0.2) is 0 Å². The molecule has 0 saturated carbocycles. The van der Waals surface area contributed by atoms with Crippen LogP contribution in [0.5, 0.6) is 0 Å². The van der Waals surface area contributed by atoms with Crippen molar-refractivity contribution in [2.75, 3.05) is 6.54 Å². The summed E-state index contributed by atoms with van der Waals surface area (Å²) in [4.78, 5) is 10.6. The predicted octanol–water partition coefficient (Wildman–Crippen LogP) is 0.531. The molecule has 1 saturated heterocycles. The van der Waals surface area contributed by atoms with Gasteiger partial charge in [0, 0.05) is 18.8 Å². The maximum Gasteiger partial charge on any atom is 0.305 e. The SMILES string of the molecule is CC1CCCN1S(=O)(=O)c1cnn(CCC(=O)O)c1. The van der Waals surface area contributed by atoms with Gasteiger partial charge >= 0.3 is 5.97 Å². The molecular weight excluding hydrogens is 270 g/mol. The molecular formula is C11H17N3O4S. The Morgan fingerprint density at radius 2 is 2.32 bits per heavy atom. The van der Waals surface area contributed by atoms with Crippen LogP contribution in [0.2, 0.25) is 0 Å². The van der Waals surface area contributed by atoms with Crippen molar-refractivity contribution < 1.29 is 18.3 Å². The number of carboxylic acid groups (broad SMARTS) is 1. The number of carbonyl (C=O) groups is 1.